The number of anilines is 1. The highest BCUT2D eigenvalue weighted by Crippen LogP contribution is 2.38. The molecule has 3 rings (SSSR count). The van der Waals surface area contributed by atoms with E-state index in [9.17, 15) is 0 Å². The minimum atomic E-state index is 0.277. The molecule has 2 aliphatic heterocycles. The van der Waals surface area contributed by atoms with E-state index < -0.39 is 0 Å². The fourth-order valence-electron chi connectivity index (χ4n) is 2.53. The fourth-order valence-corrected chi connectivity index (χ4v) is 2.53. The lowest BCUT2D eigenvalue weighted by atomic mass is 9.94. The van der Waals surface area contributed by atoms with Gasteiger partial charge in [0.15, 0.2) is 0 Å². The number of benzene rings is 1. The maximum atomic E-state index is 5.85. The fraction of sp³-hybridized carbons (Fsp3) is 0.455. The van der Waals surface area contributed by atoms with Crippen molar-refractivity contribution in [3.8, 4) is 0 Å². The standard InChI is InChI=1S/C11H14N2O/c1-13-4-7-2-9(12)3-8-6-14-10(5-13)11(7)8/h2-3,10H,4-6,12H2,1H3. The number of rotatable bonds is 0. The zero-order valence-electron chi connectivity index (χ0n) is 8.29. The normalized spacial score (nSPS) is 25.1. The summed E-state index contributed by atoms with van der Waals surface area (Å²) in [4.78, 5) is 2.28. The molecule has 0 fully saturated rings. The summed E-state index contributed by atoms with van der Waals surface area (Å²) in [6, 6.07) is 4.13. The van der Waals surface area contributed by atoms with Crippen LogP contribution in [0.25, 0.3) is 0 Å². The van der Waals surface area contributed by atoms with Crippen LogP contribution in [0.15, 0.2) is 12.1 Å². The molecule has 14 heavy (non-hydrogen) atoms. The zero-order valence-corrected chi connectivity index (χ0v) is 8.29. The van der Waals surface area contributed by atoms with Crippen LogP contribution >= 0.6 is 0 Å². The summed E-state index contributed by atoms with van der Waals surface area (Å²) in [7, 11) is 2.12. The van der Waals surface area contributed by atoms with Crippen LogP contribution in [0.3, 0.4) is 0 Å². The van der Waals surface area contributed by atoms with Gasteiger partial charge >= 0.3 is 0 Å². The molecular weight excluding hydrogens is 176 g/mol. The first-order valence-electron chi connectivity index (χ1n) is 4.95. The van der Waals surface area contributed by atoms with Crippen LogP contribution < -0.4 is 5.73 Å². The molecule has 0 radical (unpaired) electrons. The lowest BCUT2D eigenvalue weighted by Gasteiger charge is -2.29. The van der Waals surface area contributed by atoms with Crippen molar-refractivity contribution in [2.45, 2.75) is 19.3 Å². The van der Waals surface area contributed by atoms with Gasteiger partial charge in [0.05, 0.1) is 12.7 Å². The zero-order chi connectivity index (χ0) is 9.71. The van der Waals surface area contributed by atoms with Crippen LogP contribution in [0.2, 0.25) is 0 Å². The number of nitrogens with two attached hydrogens (primary N) is 1. The number of ether oxygens (including phenoxy) is 1. The van der Waals surface area contributed by atoms with E-state index in [0.29, 0.717) is 0 Å². The lowest BCUT2D eigenvalue weighted by molar-refractivity contribution is 0.0333. The molecule has 3 heteroatoms. The molecule has 0 aliphatic carbocycles. The monoisotopic (exact) mass is 190 g/mol. The third-order valence-electron chi connectivity index (χ3n) is 3.05. The van der Waals surface area contributed by atoms with Gasteiger partial charge in [0.2, 0.25) is 0 Å². The summed E-state index contributed by atoms with van der Waals surface area (Å²) < 4.78 is 5.73. The van der Waals surface area contributed by atoms with Crippen molar-refractivity contribution in [3.63, 3.8) is 0 Å². The van der Waals surface area contributed by atoms with Gasteiger partial charge in [-0.05, 0) is 35.9 Å². The largest absolute Gasteiger partial charge is 0.399 e. The van der Waals surface area contributed by atoms with Gasteiger partial charge in [-0.1, -0.05) is 0 Å². The van der Waals surface area contributed by atoms with Crippen LogP contribution in [0.1, 0.15) is 22.8 Å². The highest BCUT2D eigenvalue weighted by atomic mass is 16.5. The molecule has 1 atom stereocenters. The van der Waals surface area contributed by atoms with Crippen molar-refractivity contribution in [1.29, 1.82) is 0 Å². The van der Waals surface area contributed by atoms with Gasteiger partial charge < -0.3 is 10.5 Å². The smallest absolute Gasteiger partial charge is 0.0963 e. The molecule has 0 amide bonds. The van der Waals surface area contributed by atoms with E-state index in [1.165, 1.54) is 16.7 Å². The molecule has 1 unspecified atom stereocenters. The van der Waals surface area contributed by atoms with Gasteiger partial charge in [-0.15, -0.1) is 0 Å². The van der Waals surface area contributed by atoms with Gasteiger partial charge in [0.1, 0.15) is 0 Å². The van der Waals surface area contributed by atoms with E-state index in [4.69, 9.17) is 10.5 Å². The second-order valence-electron chi connectivity index (χ2n) is 4.25. The number of likely N-dealkylation sites (N-methyl/N-ethyl adjacent to an activating group) is 1. The molecule has 2 aliphatic rings. The quantitative estimate of drug-likeness (QED) is 0.626. The first-order valence-corrected chi connectivity index (χ1v) is 4.95. The van der Waals surface area contributed by atoms with Gasteiger partial charge in [-0.25, -0.2) is 0 Å². The van der Waals surface area contributed by atoms with Crippen molar-refractivity contribution in [3.05, 3.63) is 28.8 Å². The summed E-state index contributed by atoms with van der Waals surface area (Å²) in [6.07, 6.45) is 0.277. The first kappa shape index (κ1) is 8.26. The molecule has 0 aromatic heterocycles. The Kier molecular flexibility index (Phi) is 1.60. The van der Waals surface area contributed by atoms with Crippen molar-refractivity contribution in [1.82, 2.24) is 4.90 Å². The second kappa shape index (κ2) is 2.72. The predicted octanol–water partition coefficient (Wildman–Crippen LogP) is 1.29. The molecule has 0 bridgehead atoms. The van der Waals surface area contributed by atoms with Crippen molar-refractivity contribution >= 4 is 5.69 Å². The van der Waals surface area contributed by atoms with Crippen molar-refractivity contribution < 1.29 is 4.74 Å². The average Bonchev–Trinajstić information content (AvgIpc) is 2.48. The number of nitrogen functional groups attached to an aromatic ring is 1. The van der Waals surface area contributed by atoms with E-state index in [1.54, 1.807) is 0 Å². The summed E-state index contributed by atoms with van der Waals surface area (Å²) in [5.41, 5.74) is 10.7. The van der Waals surface area contributed by atoms with Gasteiger partial charge in [-0.2, -0.15) is 0 Å². The van der Waals surface area contributed by atoms with Gasteiger partial charge in [0, 0.05) is 18.8 Å². The molecule has 0 saturated heterocycles. The SMILES string of the molecule is CN1Cc2cc(N)cc3c2C(C1)OC3. The maximum absolute atomic E-state index is 5.85. The molecule has 3 nitrogen and oxygen atoms in total. The molecule has 74 valence electrons. The van der Waals surface area contributed by atoms with Crippen LogP contribution in [-0.4, -0.2) is 18.5 Å². The highest BCUT2D eigenvalue weighted by molar-refractivity contribution is 5.52. The molecule has 2 N–H and O–H groups in total. The molecule has 1 aromatic rings. The Labute approximate surface area is 83.5 Å². The van der Waals surface area contributed by atoms with Crippen LogP contribution in [0.4, 0.5) is 5.69 Å². The number of hydrogen-bond acceptors (Lipinski definition) is 3. The summed E-state index contributed by atoms with van der Waals surface area (Å²) in [5.74, 6) is 0. The highest BCUT2D eigenvalue weighted by Gasteiger charge is 2.31. The van der Waals surface area contributed by atoms with Crippen LogP contribution in [0, 0.1) is 0 Å². The summed E-state index contributed by atoms with van der Waals surface area (Å²) in [6.45, 7) is 2.73. The summed E-state index contributed by atoms with van der Waals surface area (Å²) >= 11 is 0. The second-order valence-corrected chi connectivity index (χ2v) is 4.25. The Bertz CT molecular complexity index is 389. The number of hydrogen-bond donors (Lipinski definition) is 1. The van der Waals surface area contributed by atoms with E-state index in [-0.39, 0.29) is 6.10 Å². The Morgan fingerprint density at radius 3 is 3.07 bits per heavy atom. The lowest BCUT2D eigenvalue weighted by Crippen LogP contribution is -2.29. The third kappa shape index (κ3) is 1.06. The third-order valence-corrected chi connectivity index (χ3v) is 3.05. The van der Waals surface area contributed by atoms with Gasteiger partial charge in [-0.3, -0.25) is 4.90 Å². The number of nitrogens with zero attached hydrogens (tertiary/aromatic N) is 1. The first-order chi connectivity index (χ1) is 6.74. The average molecular weight is 190 g/mol. The van der Waals surface area contributed by atoms with E-state index in [2.05, 4.69) is 18.0 Å². The Hall–Kier alpha value is -1.06. The van der Waals surface area contributed by atoms with Gasteiger partial charge in [0.25, 0.3) is 0 Å². The Morgan fingerprint density at radius 1 is 1.43 bits per heavy atom. The van der Waals surface area contributed by atoms with Crippen molar-refractivity contribution in [2.75, 3.05) is 19.3 Å². The topological polar surface area (TPSA) is 38.5 Å². The van der Waals surface area contributed by atoms with E-state index in [0.717, 1.165) is 25.4 Å². The predicted molar refractivity (Wildman–Crippen MR) is 54.7 cm³/mol. The van der Waals surface area contributed by atoms with E-state index >= 15 is 0 Å². The molecule has 2 heterocycles. The van der Waals surface area contributed by atoms with Crippen molar-refractivity contribution in [2.24, 2.45) is 0 Å². The van der Waals surface area contributed by atoms with E-state index in [1.807, 2.05) is 6.07 Å². The molecule has 1 aromatic carbocycles. The Morgan fingerprint density at radius 2 is 2.21 bits per heavy atom. The summed E-state index contributed by atoms with van der Waals surface area (Å²) in [5, 5.41) is 0. The molecule has 0 spiro atoms. The molecule has 0 saturated carbocycles. The minimum absolute atomic E-state index is 0.277. The minimum Gasteiger partial charge on any atom is -0.399 e. The Balaban J connectivity index is 2.18. The maximum Gasteiger partial charge on any atom is 0.0963 e. The van der Waals surface area contributed by atoms with Crippen LogP contribution in [0.5, 0.6) is 0 Å². The van der Waals surface area contributed by atoms with Crippen LogP contribution in [-0.2, 0) is 17.9 Å². The molecular formula is C11H14N2O.